The van der Waals surface area contributed by atoms with Crippen LogP contribution in [-0.2, 0) is 11.2 Å². The Morgan fingerprint density at radius 3 is 3.06 bits per heavy atom. The summed E-state index contributed by atoms with van der Waals surface area (Å²) in [5.74, 6) is 0.951. The van der Waals surface area contributed by atoms with Crippen LogP contribution in [0.25, 0.3) is 0 Å². The molecule has 1 fully saturated rings. The maximum Gasteiger partial charge on any atom is 0.360 e. The van der Waals surface area contributed by atoms with Gasteiger partial charge < -0.3 is 14.6 Å². The average molecular weight is 224 g/mol. The van der Waals surface area contributed by atoms with Gasteiger partial charge in [-0.25, -0.2) is 4.79 Å². The lowest BCUT2D eigenvalue weighted by atomic mass is 9.93. The van der Waals surface area contributed by atoms with Crippen LogP contribution in [0.2, 0.25) is 0 Å². The number of nitrogens with zero attached hydrogens (tertiary/aromatic N) is 1. The third kappa shape index (κ3) is 2.61. The highest BCUT2D eigenvalue weighted by Crippen LogP contribution is 2.18. The molecule has 0 spiro atoms. The summed E-state index contributed by atoms with van der Waals surface area (Å²) in [5, 5.41) is 7.00. The second-order valence-electron chi connectivity index (χ2n) is 4.07. The average Bonchev–Trinajstić information content (AvgIpc) is 2.78. The van der Waals surface area contributed by atoms with Gasteiger partial charge in [0.1, 0.15) is 5.76 Å². The van der Waals surface area contributed by atoms with Crippen LogP contribution in [0.15, 0.2) is 10.6 Å². The maximum atomic E-state index is 11.2. The predicted octanol–water partition coefficient (Wildman–Crippen LogP) is 1.00. The van der Waals surface area contributed by atoms with E-state index in [0.717, 1.165) is 38.1 Å². The minimum atomic E-state index is -0.444. The van der Waals surface area contributed by atoms with Crippen LogP contribution in [0.3, 0.4) is 0 Å². The van der Waals surface area contributed by atoms with Crippen molar-refractivity contribution in [2.45, 2.75) is 19.3 Å². The normalized spacial score (nSPS) is 17.3. The highest BCUT2D eigenvalue weighted by Gasteiger charge is 2.18. The van der Waals surface area contributed by atoms with Gasteiger partial charge in [-0.2, -0.15) is 0 Å². The van der Waals surface area contributed by atoms with E-state index in [4.69, 9.17) is 4.52 Å². The molecular formula is C11H16N2O3. The Morgan fingerprint density at radius 1 is 1.62 bits per heavy atom. The molecule has 5 nitrogen and oxygen atoms in total. The molecule has 2 rings (SSSR count). The first kappa shape index (κ1) is 11.1. The summed E-state index contributed by atoms with van der Waals surface area (Å²) < 4.78 is 9.69. The maximum absolute atomic E-state index is 11.2. The van der Waals surface area contributed by atoms with E-state index >= 15 is 0 Å². The van der Waals surface area contributed by atoms with Gasteiger partial charge in [0.05, 0.1) is 7.11 Å². The number of nitrogens with one attached hydrogen (secondary N) is 1. The number of methoxy groups -OCH3 is 1. The molecule has 0 bridgehead atoms. The van der Waals surface area contributed by atoms with Crippen LogP contribution in [0.5, 0.6) is 0 Å². The summed E-state index contributed by atoms with van der Waals surface area (Å²) in [5.41, 5.74) is 0.256. The summed E-state index contributed by atoms with van der Waals surface area (Å²) in [6.07, 6.45) is 3.15. The molecule has 5 heteroatoms. The quantitative estimate of drug-likeness (QED) is 0.776. The largest absolute Gasteiger partial charge is 0.464 e. The minimum absolute atomic E-state index is 0.256. The van der Waals surface area contributed by atoms with Crippen LogP contribution < -0.4 is 5.32 Å². The number of hydrogen-bond donors (Lipinski definition) is 1. The number of carbonyl (C=O) groups is 1. The van der Waals surface area contributed by atoms with Gasteiger partial charge in [0.2, 0.25) is 0 Å². The van der Waals surface area contributed by atoms with E-state index in [-0.39, 0.29) is 5.69 Å². The van der Waals surface area contributed by atoms with Gasteiger partial charge in [0.25, 0.3) is 0 Å². The Balaban J connectivity index is 1.94. The van der Waals surface area contributed by atoms with Crippen molar-refractivity contribution in [3.8, 4) is 0 Å². The second-order valence-corrected chi connectivity index (χ2v) is 4.07. The fourth-order valence-electron chi connectivity index (χ4n) is 1.98. The number of aromatic nitrogens is 1. The van der Waals surface area contributed by atoms with E-state index in [9.17, 15) is 4.79 Å². The third-order valence-electron chi connectivity index (χ3n) is 2.90. The van der Waals surface area contributed by atoms with Crippen molar-refractivity contribution in [3.05, 3.63) is 17.5 Å². The molecule has 1 saturated heterocycles. The van der Waals surface area contributed by atoms with Crippen molar-refractivity contribution in [2.24, 2.45) is 5.92 Å². The molecule has 1 aromatic rings. The number of hydrogen-bond acceptors (Lipinski definition) is 5. The Kier molecular flexibility index (Phi) is 3.56. The molecule has 88 valence electrons. The summed E-state index contributed by atoms with van der Waals surface area (Å²) in [4.78, 5) is 11.2. The van der Waals surface area contributed by atoms with Gasteiger partial charge in [-0.05, 0) is 31.8 Å². The fourth-order valence-corrected chi connectivity index (χ4v) is 1.98. The number of carbonyl (C=O) groups excluding carboxylic acids is 1. The van der Waals surface area contributed by atoms with Gasteiger partial charge in [0, 0.05) is 12.5 Å². The molecule has 0 aliphatic carbocycles. The summed E-state index contributed by atoms with van der Waals surface area (Å²) >= 11 is 0. The third-order valence-corrected chi connectivity index (χ3v) is 2.90. The van der Waals surface area contributed by atoms with Crippen LogP contribution in [0.4, 0.5) is 0 Å². The lowest BCUT2D eigenvalue weighted by molar-refractivity contribution is 0.0589. The van der Waals surface area contributed by atoms with E-state index in [2.05, 4.69) is 15.2 Å². The monoisotopic (exact) mass is 224 g/mol. The zero-order valence-corrected chi connectivity index (χ0v) is 9.36. The zero-order valence-electron chi connectivity index (χ0n) is 9.36. The summed E-state index contributed by atoms with van der Waals surface area (Å²) in [6, 6.07) is 1.67. The minimum Gasteiger partial charge on any atom is -0.464 e. The Morgan fingerprint density at radius 2 is 2.38 bits per heavy atom. The molecule has 2 heterocycles. The van der Waals surface area contributed by atoms with E-state index in [0.29, 0.717) is 5.92 Å². The lowest BCUT2D eigenvalue weighted by Crippen LogP contribution is -2.28. The van der Waals surface area contributed by atoms with Crippen LogP contribution >= 0.6 is 0 Å². The molecular weight excluding hydrogens is 208 g/mol. The standard InChI is InChI=1S/C11H16N2O3/c1-15-11(14)10-7-9(16-13-10)6-8-2-4-12-5-3-8/h7-8,12H,2-6H2,1H3. The number of ether oxygens (including phenoxy) is 1. The van der Waals surface area contributed by atoms with E-state index in [1.54, 1.807) is 6.07 Å². The van der Waals surface area contributed by atoms with E-state index < -0.39 is 5.97 Å². The predicted molar refractivity (Wildman–Crippen MR) is 57.1 cm³/mol. The Hall–Kier alpha value is -1.36. The fraction of sp³-hybridized carbons (Fsp3) is 0.636. The Bertz CT molecular complexity index is 356. The zero-order chi connectivity index (χ0) is 11.4. The van der Waals surface area contributed by atoms with Crippen molar-refractivity contribution < 1.29 is 14.1 Å². The molecule has 0 atom stereocenters. The first-order valence-corrected chi connectivity index (χ1v) is 5.54. The molecule has 0 radical (unpaired) electrons. The highest BCUT2D eigenvalue weighted by molar-refractivity contribution is 5.86. The molecule has 0 unspecified atom stereocenters. The molecule has 0 amide bonds. The van der Waals surface area contributed by atoms with E-state index in [1.165, 1.54) is 7.11 Å². The second kappa shape index (κ2) is 5.12. The SMILES string of the molecule is COC(=O)c1cc(CC2CCNCC2)on1. The van der Waals surface area contributed by atoms with Crippen LogP contribution in [0.1, 0.15) is 29.1 Å². The van der Waals surface area contributed by atoms with Crippen molar-refractivity contribution in [3.63, 3.8) is 0 Å². The molecule has 16 heavy (non-hydrogen) atoms. The van der Waals surface area contributed by atoms with Crippen molar-refractivity contribution in [1.82, 2.24) is 10.5 Å². The molecule has 0 saturated carbocycles. The molecule has 1 aliphatic rings. The van der Waals surface area contributed by atoms with Gasteiger partial charge >= 0.3 is 5.97 Å². The number of rotatable bonds is 3. The van der Waals surface area contributed by atoms with Crippen LogP contribution in [-0.4, -0.2) is 31.3 Å². The lowest BCUT2D eigenvalue weighted by Gasteiger charge is -2.21. The topological polar surface area (TPSA) is 64.4 Å². The van der Waals surface area contributed by atoms with Crippen molar-refractivity contribution >= 4 is 5.97 Å². The number of piperidine rings is 1. The van der Waals surface area contributed by atoms with Gasteiger partial charge in [0.15, 0.2) is 5.69 Å². The molecule has 1 aliphatic heterocycles. The highest BCUT2D eigenvalue weighted by atomic mass is 16.5. The van der Waals surface area contributed by atoms with Gasteiger partial charge in [-0.15, -0.1) is 0 Å². The van der Waals surface area contributed by atoms with E-state index in [1.807, 2.05) is 0 Å². The number of esters is 1. The van der Waals surface area contributed by atoms with Crippen molar-refractivity contribution in [2.75, 3.05) is 20.2 Å². The summed E-state index contributed by atoms with van der Waals surface area (Å²) in [7, 11) is 1.34. The molecule has 1 aromatic heterocycles. The smallest absolute Gasteiger partial charge is 0.360 e. The first-order chi connectivity index (χ1) is 7.79. The van der Waals surface area contributed by atoms with Crippen molar-refractivity contribution in [1.29, 1.82) is 0 Å². The Labute approximate surface area is 94.1 Å². The van der Waals surface area contributed by atoms with Crippen LogP contribution in [0, 0.1) is 5.92 Å². The molecule has 0 aromatic carbocycles. The van der Waals surface area contributed by atoms with Gasteiger partial charge in [-0.3, -0.25) is 0 Å². The first-order valence-electron chi connectivity index (χ1n) is 5.54. The summed E-state index contributed by atoms with van der Waals surface area (Å²) in [6.45, 7) is 2.12. The van der Waals surface area contributed by atoms with Gasteiger partial charge in [-0.1, -0.05) is 5.16 Å². The molecule has 1 N–H and O–H groups in total.